The van der Waals surface area contributed by atoms with Crippen LogP contribution in [0.4, 0.5) is 0 Å². The second-order valence-corrected chi connectivity index (χ2v) is 3.31. The first-order chi connectivity index (χ1) is 6.72. The standard InChI is InChI=1S/C9H6BrNO3/c10-4-7(12)5-2-1-3-6-8(5)14-9(13)11-6/h1-3H,4H2,(H,11,13). The van der Waals surface area contributed by atoms with Crippen molar-refractivity contribution in [1.82, 2.24) is 4.98 Å². The molecule has 0 amide bonds. The van der Waals surface area contributed by atoms with Gasteiger partial charge in [0.25, 0.3) is 0 Å². The van der Waals surface area contributed by atoms with E-state index in [0.717, 1.165) is 0 Å². The molecule has 1 N–H and O–H groups in total. The van der Waals surface area contributed by atoms with E-state index >= 15 is 0 Å². The molecule has 0 fully saturated rings. The van der Waals surface area contributed by atoms with Gasteiger partial charge in [-0.3, -0.25) is 9.78 Å². The van der Waals surface area contributed by atoms with Crippen LogP contribution in [0.3, 0.4) is 0 Å². The molecule has 0 aliphatic carbocycles. The lowest BCUT2D eigenvalue weighted by molar-refractivity contribution is 0.102. The maximum Gasteiger partial charge on any atom is 0.417 e. The van der Waals surface area contributed by atoms with Crippen molar-refractivity contribution in [2.45, 2.75) is 0 Å². The summed E-state index contributed by atoms with van der Waals surface area (Å²) in [6.45, 7) is 0. The number of carbonyl (C=O) groups excluding carboxylic acids is 1. The number of benzene rings is 1. The van der Waals surface area contributed by atoms with Gasteiger partial charge in [-0.1, -0.05) is 22.0 Å². The fraction of sp³-hybridized carbons (Fsp3) is 0.111. The van der Waals surface area contributed by atoms with Crippen molar-refractivity contribution < 1.29 is 9.21 Å². The molecule has 2 aromatic rings. The Bertz CT molecular complexity index is 540. The lowest BCUT2D eigenvalue weighted by atomic mass is 10.1. The second kappa shape index (κ2) is 3.42. The maximum absolute atomic E-state index is 11.4. The third-order valence-corrected chi connectivity index (χ3v) is 2.38. The SMILES string of the molecule is O=C(CBr)c1cccc2[nH]c(=O)oc12. The number of oxazole rings is 1. The van der Waals surface area contributed by atoms with Crippen molar-refractivity contribution in [1.29, 1.82) is 0 Å². The van der Waals surface area contributed by atoms with Crippen molar-refractivity contribution in [2.24, 2.45) is 0 Å². The first kappa shape index (κ1) is 9.21. The van der Waals surface area contributed by atoms with E-state index in [4.69, 9.17) is 4.42 Å². The molecule has 0 radical (unpaired) electrons. The van der Waals surface area contributed by atoms with Gasteiger partial charge in [0.05, 0.1) is 16.4 Å². The molecular weight excluding hydrogens is 250 g/mol. The second-order valence-electron chi connectivity index (χ2n) is 2.75. The summed E-state index contributed by atoms with van der Waals surface area (Å²) in [4.78, 5) is 24.8. The number of fused-ring (bicyclic) bond motifs is 1. The molecule has 0 atom stereocenters. The minimum absolute atomic E-state index is 0.113. The van der Waals surface area contributed by atoms with Crippen LogP contribution in [0.25, 0.3) is 11.1 Å². The number of halogens is 1. The first-order valence-corrected chi connectivity index (χ1v) is 5.05. The zero-order valence-electron chi connectivity index (χ0n) is 7.04. The molecule has 2 rings (SSSR count). The minimum Gasteiger partial charge on any atom is -0.407 e. The molecule has 0 bridgehead atoms. The summed E-state index contributed by atoms with van der Waals surface area (Å²) in [5, 5.41) is 0.209. The number of hydrogen-bond donors (Lipinski definition) is 1. The zero-order valence-corrected chi connectivity index (χ0v) is 8.63. The summed E-state index contributed by atoms with van der Waals surface area (Å²) in [6.07, 6.45) is 0. The Labute approximate surface area is 87.0 Å². The summed E-state index contributed by atoms with van der Waals surface area (Å²) in [7, 11) is 0. The number of ketones is 1. The van der Waals surface area contributed by atoms with Crippen LogP contribution >= 0.6 is 15.9 Å². The molecule has 1 aromatic carbocycles. The highest BCUT2D eigenvalue weighted by atomic mass is 79.9. The lowest BCUT2D eigenvalue weighted by Crippen LogP contribution is -1.99. The van der Waals surface area contributed by atoms with Gasteiger partial charge in [0.1, 0.15) is 0 Å². The largest absolute Gasteiger partial charge is 0.417 e. The number of aromatic amines is 1. The van der Waals surface area contributed by atoms with Crippen LogP contribution in [-0.4, -0.2) is 16.1 Å². The number of rotatable bonds is 2. The van der Waals surface area contributed by atoms with E-state index in [1.807, 2.05) is 0 Å². The number of nitrogens with one attached hydrogen (secondary N) is 1. The highest BCUT2D eigenvalue weighted by Gasteiger charge is 2.12. The molecule has 0 aliphatic rings. The topological polar surface area (TPSA) is 63.1 Å². The van der Waals surface area contributed by atoms with Crippen LogP contribution in [0.1, 0.15) is 10.4 Å². The van der Waals surface area contributed by atoms with Crippen LogP contribution < -0.4 is 5.76 Å². The Kier molecular flexibility index (Phi) is 2.25. The monoisotopic (exact) mass is 255 g/mol. The van der Waals surface area contributed by atoms with Gasteiger partial charge in [-0.25, -0.2) is 4.79 Å². The summed E-state index contributed by atoms with van der Waals surface area (Å²) < 4.78 is 4.87. The number of aromatic nitrogens is 1. The molecule has 0 saturated carbocycles. The van der Waals surface area contributed by atoms with E-state index in [1.165, 1.54) is 0 Å². The zero-order chi connectivity index (χ0) is 10.1. The Balaban J connectivity index is 2.76. The quantitative estimate of drug-likeness (QED) is 0.657. The predicted molar refractivity (Wildman–Crippen MR) is 55.0 cm³/mol. The van der Waals surface area contributed by atoms with E-state index in [9.17, 15) is 9.59 Å². The van der Waals surface area contributed by atoms with Crippen molar-refractivity contribution >= 4 is 32.8 Å². The van der Waals surface area contributed by atoms with Crippen LogP contribution in [0.2, 0.25) is 0 Å². The average molecular weight is 256 g/mol. The normalized spacial score (nSPS) is 10.6. The number of Topliss-reactive ketones (excluding diaryl/α,β-unsaturated/α-hetero) is 1. The van der Waals surface area contributed by atoms with E-state index in [-0.39, 0.29) is 11.1 Å². The van der Waals surface area contributed by atoms with E-state index in [1.54, 1.807) is 18.2 Å². The molecule has 0 unspecified atom stereocenters. The molecule has 1 heterocycles. The molecule has 5 heteroatoms. The van der Waals surface area contributed by atoms with Crippen LogP contribution in [-0.2, 0) is 0 Å². The van der Waals surface area contributed by atoms with Crippen molar-refractivity contribution in [3.8, 4) is 0 Å². The van der Waals surface area contributed by atoms with Gasteiger partial charge < -0.3 is 4.42 Å². The Hall–Kier alpha value is -1.36. The Morgan fingerprint density at radius 2 is 2.29 bits per heavy atom. The highest BCUT2D eigenvalue weighted by molar-refractivity contribution is 9.09. The van der Waals surface area contributed by atoms with Crippen molar-refractivity contribution in [3.63, 3.8) is 0 Å². The van der Waals surface area contributed by atoms with Crippen LogP contribution in [0.5, 0.6) is 0 Å². The van der Waals surface area contributed by atoms with Gasteiger partial charge in [0, 0.05) is 0 Å². The van der Waals surface area contributed by atoms with Gasteiger partial charge in [0.2, 0.25) is 0 Å². The third kappa shape index (κ3) is 1.39. The van der Waals surface area contributed by atoms with Gasteiger partial charge in [-0.05, 0) is 12.1 Å². The van der Waals surface area contributed by atoms with Gasteiger partial charge in [-0.15, -0.1) is 0 Å². The van der Waals surface area contributed by atoms with Crippen molar-refractivity contribution in [3.05, 3.63) is 34.3 Å². The number of hydrogen-bond acceptors (Lipinski definition) is 3. The molecule has 0 aliphatic heterocycles. The third-order valence-electron chi connectivity index (χ3n) is 1.87. The average Bonchev–Trinajstić information content (AvgIpc) is 2.56. The van der Waals surface area contributed by atoms with E-state index < -0.39 is 5.76 Å². The summed E-state index contributed by atoms with van der Waals surface area (Å²) in [5.74, 6) is -0.659. The predicted octanol–water partition coefficient (Wildman–Crippen LogP) is 1.70. The summed E-state index contributed by atoms with van der Waals surface area (Å²) in [5.41, 5.74) is 1.28. The fourth-order valence-electron chi connectivity index (χ4n) is 1.27. The maximum atomic E-state index is 11.4. The smallest absolute Gasteiger partial charge is 0.407 e. The number of para-hydroxylation sites is 1. The minimum atomic E-state index is -0.546. The molecular formula is C9H6BrNO3. The number of carbonyl (C=O) groups is 1. The Morgan fingerprint density at radius 1 is 1.50 bits per heavy atom. The van der Waals surface area contributed by atoms with Gasteiger partial charge >= 0.3 is 5.76 Å². The summed E-state index contributed by atoms with van der Waals surface area (Å²) >= 11 is 3.06. The summed E-state index contributed by atoms with van der Waals surface area (Å²) in [6, 6.07) is 5.01. The molecule has 0 spiro atoms. The lowest BCUT2D eigenvalue weighted by Gasteiger charge is -1.95. The van der Waals surface area contributed by atoms with E-state index in [0.29, 0.717) is 16.7 Å². The molecule has 4 nitrogen and oxygen atoms in total. The number of alkyl halides is 1. The van der Waals surface area contributed by atoms with Crippen LogP contribution in [0.15, 0.2) is 27.4 Å². The highest BCUT2D eigenvalue weighted by Crippen LogP contribution is 2.16. The van der Waals surface area contributed by atoms with Crippen molar-refractivity contribution in [2.75, 3.05) is 5.33 Å². The number of H-pyrrole nitrogens is 1. The fourth-order valence-corrected chi connectivity index (χ4v) is 1.57. The first-order valence-electron chi connectivity index (χ1n) is 3.93. The van der Waals surface area contributed by atoms with Crippen LogP contribution in [0, 0.1) is 0 Å². The van der Waals surface area contributed by atoms with Gasteiger partial charge in [0.15, 0.2) is 11.4 Å². The molecule has 14 heavy (non-hydrogen) atoms. The van der Waals surface area contributed by atoms with Gasteiger partial charge in [-0.2, -0.15) is 0 Å². The molecule has 0 saturated heterocycles. The van der Waals surface area contributed by atoms with E-state index in [2.05, 4.69) is 20.9 Å². The Morgan fingerprint density at radius 3 is 3.00 bits per heavy atom. The molecule has 72 valence electrons. The molecule has 1 aromatic heterocycles.